The van der Waals surface area contributed by atoms with Gasteiger partial charge < -0.3 is 10.0 Å². The SMILES string of the molecule is CC(C)c1nnnn1CC(=O)N1CCCC1C1CCCCC1(C)O. The highest BCUT2D eigenvalue weighted by atomic mass is 16.3. The molecule has 1 aliphatic carbocycles. The minimum atomic E-state index is -0.663. The summed E-state index contributed by atoms with van der Waals surface area (Å²) in [6.07, 6.45) is 6.05. The van der Waals surface area contributed by atoms with Gasteiger partial charge in [-0.1, -0.05) is 26.7 Å². The molecule has 1 amide bonds. The van der Waals surface area contributed by atoms with Gasteiger partial charge in [-0.3, -0.25) is 4.79 Å². The van der Waals surface area contributed by atoms with Crippen LogP contribution in [0, 0.1) is 5.92 Å². The molecule has 134 valence electrons. The largest absolute Gasteiger partial charge is 0.390 e. The summed E-state index contributed by atoms with van der Waals surface area (Å²) in [5.74, 6) is 1.16. The third-order valence-corrected chi connectivity index (χ3v) is 5.69. The van der Waals surface area contributed by atoms with Crippen LogP contribution >= 0.6 is 0 Å². The molecule has 1 N–H and O–H groups in total. The van der Waals surface area contributed by atoms with Crippen molar-refractivity contribution in [3.8, 4) is 0 Å². The second-order valence-corrected chi connectivity index (χ2v) is 7.86. The predicted octanol–water partition coefficient (Wildman–Crippen LogP) is 1.73. The minimum Gasteiger partial charge on any atom is -0.390 e. The van der Waals surface area contributed by atoms with E-state index in [0.29, 0.717) is 0 Å². The van der Waals surface area contributed by atoms with Crippen molar-refractivity contribution in [1.82, 2.24) is 25.1 Å². The van der Waals surface area contributed by atoms with E-state index >= 15 is 0 Å². The van der Waals surface area contributed by atoms with E-state index in [4.69, 9.17) is 0 Å². The number of hydrogen-bond acceptors (Lipinski definition) is 5. The molecule has 0 spiro atoms. The molecule has 7 heteroatoms. The van der Waals surface area contributed by atoms with Gasteiger partial charge in [0, 0.05) is 24.4 Å². The first-order valence-electron chi connectivity index (χ1n) is 9.18. The van der Waals surface area contributed by atoms with Gasteiger partial charge in [-0.15, -0.1) is 5.10 Å². The zero-order chi connectivity index (χ0) is 17.3. The lowest BCUT2D eigenvalue weighted by atomic mass is 9.72. The Balaban J connectivity index is 1.73. The Kier molecular flexibility index (Phi) is 4.90. The van der Waals surface area contributed by atoms with Gasteiger partial charge in [-0.05, 0) is 43.0 Å². The van der Waals surface area contributed by atoms with E-state index in [1.54, 1.807) is 4.68 Å². The van der Waals surface area contributed by atoms with Crippen molar-refractivity contribution in [1.29, 1.82) is 0 Å². The second kappa shape index (κ2) is 6.78. The maximum atomic E-state index is 12.9. The second-order valence-electron chi connectivity index (χ2n) is 7.86. The van der Waals surface area contributed by atoms with Crippen molar-refractivity contribution in [2.75, 3.05) is 6.54 Å². The molecule has 1 aliphatic heterocycles. The standard InChI is InChI=1S/C17H29N5O2/c1-12(2)16-18-19-20-22(16)11-15(23)21-10-6-8-14(21)13-7-4-5-9-17(13,3)24/h12-14,24H,4-11H2,1-3H3. The molecule has 0 radical (unpaired) electrons. The summed E-state index contributed by atoms with van der Waals surface area (Å²) in [6, 6.07) is 0.145. The summed E-state index contributed by atoms with van der Waals surface area (Å²) in [4.78, 5) is 14.8. The van der Waals surface area contributed by atoms with Crippen molar-refractivity contribution in [3.05, 3.63) is 5.82 Å². The van der Waals surface area contributed by atoms with Gasteiger partial charge in [0.05, 0.1) is 5.60 Å². The Morgan fingerprint density at radius 3 is 2.83 bits per heavy atom. The molecule has 24 heavy (non-hydrogen) atoms. The van der Waals surface area contributed by atoms with Crippen LogP contribution in [0.15, 0.2) is 0 Å². The molecule has 1 saturated heterocycles. The number of nitrogens with zero attached hydrogens (tertiary/aromatic N) is 5. The minimum absolute atomic E-state index is 0.0630. The predicted molar refractivity (Wildman–Crippen MR) is 89.2 cm³/mol. The van der Waals surface area contributed by atoms with Gasteiger partial charge in [0.25, 0.3) is 0 Å². The molecule has 2 aliphatic rings. The number of likely N-dealkylation sites (tertiary alicyclic amines) is 1. The van der Waals surface area contributed by atoms with Crippen LogP contribution in [0.3, 0.4) is 0 Å². The molecule has 3 unspecified atom stereocenters. The Labute approximate surface area is 143 Å². The van der Waals surface area contributed by atoms with Crippen LogP contribution in [0.4, 0.5) is 0 Å². The number of carbonyl (C=O) groups is 1. The Bertz CT molecular complexity index is 583. The fraction of sp³-hybridized carbons (Fsp3) is 0.882. The third kappa shape index (κ3) is 3.31. The molecule has 2 heterocycles. The van der Waals surface area contributed by atoms with Crippen molar-refractivity contribution in [3.63, 3.8) is 0 Å². The van der Waals surface area contributed by atoms with Crippen molar-refractivity contribution >= 4 is 5.91 Å². The number of carbonyl (C=O) groups excluding carboxylic acids is 1. The van der Waals surface area contributed by atoms with E-state index in [2.05, 4.69) is 15.5 Å². The van der Waals surface area contributed by atoms with Gasteiger partial charge in [-0.2, -0.15) is 0 Å². The number of aliphatic hydroxyl groups is 1. The molecule has 1 saturated carbocycles. The number of aromatic nitrogens is 4. The lowest BCUT2D eigenvalue weighted by Crippen LogP contribution is -2.51. The summed E-state index contributed by atoms with van der Waals surface area (Å²) >= 11 is 0. The van der Waals surface area contributed by atoms with Crippen molar-refractivity contribution < 1.29 is 9.90 Å². The number of tetrazole rings is 1. The summed E-state index contributed by atoms with van der Waals surface area (Å²) in [5, 5.41) is 22.5. The summed E-state index contributed by atoms with van der Waals surface area (Å²) in [7, 11) is 0. The Morgan fingerprint density at radius 2 is 2.12 bits per heavy atom. The summed E-state index contributed by atoms with van der Waals surface area (Å²) < 4.78 is 1.61. The van der Waals surface area contributed by atoms with E-state index in [-0.39, 0.29) is 30.3 Å². The first-order chi connectivity index (χ1) is 11.4. The number of rotatable bonds is 4. The molecular weight excluding hydrogens is 306 g/mol. The van der Waals surface area contributed by atoms with Gasteiger partial charge in [0.1, 0.15) is 6.54 Å². The molecule has 0 aromatic carbocycles. The number of amides is 1. The lowest BCUT2D eigenvalue weighted by molar-refractivity contribution is -0.137. The fourth-order valence-electron chi connectivity index (χ4n) is 4.43. The van der Waals surface area contributed by atoms with Crippen LogP contribution in [0.2, 0.25) is 0 Å². The van der Waals surface area contributed by atoms with Crippen LogP contribution in [-0.2, 0) is 11.3 Å². The first-order valence-corrected chi connectivity index (χ1v) is 9.18. The molecule has 1 aromatic heterocycles. The molecule has 1 aromatic rings. The van der Waals surface area contributed by atoms with E-state index in [9.17, 15) is 9.90 Å². The Hall–Kier alpha value is -1.50. The highest BCUT2D eigenvalue weighted by Crippen LogP contribution is 2.40. The highest BCUT2D eigenvalue weighted by Gasteiger charge is 2.44. The summed E-state index contributed by atoms with van der Waals surface area (Å²) in [6.45, 7) is 6.94. The maximum absolute atomic E-state index is 12.9. The molecule has 2 fully saturated rings. The monoisotopic (exact) mass is 335 g/mol. The highest BCUT2D eigenvalue weighted by molar-refractivity contribution is 5.76. The molecule has 3 atom stereocenters. The topological polar surface area (TPSA) is 84.1 Å². The van der Waals surface area contributed by atoms with Gasteiger partial charge in [0.15, 0.2) is 5.82 Å². The van der Waals surface area contributed by atoms with Crippen LogP contribution in [0.1, 0.15) is 71.0 Å². The van der Waals surface area contributed by atoms with Crippen LogP contribution < -0.4 is 0 Å². The van der Waals surface area contributed by atoms with Crippen LogP contribution in [0.5, 0.6) is 0 Å². The number of hydrogen-bond donors (Lipinski definition) is 1. The fourth-order valence-corrected chi connectivity index (χ4v) is 4.43. The zero-order valence-electron chi connectivity index (χ0n) is 15.0. The zero-order valence-corrected chi connectivity index (χ0v) is 15.0. The van der Waals surface area contributed by atoms with Crippen molar-refractivity contribution in [2.24, 2.45) is 5.92 Å². The first kappa shape index (κ1) is 17.3. The van der Waals surface area contributed by atoms with E-state index < -0.39 is 5.60 Å². The quantitative estimate of drug-likeness (QED) is 0.906. The van der Waals surface area contributed by atoms with Crippen LogP contribution in [-0.4, -0.2) is 54.3 Å². The molecule has 0 bridgehead atoms. The van der Waals surface area contributed by atoms with Gasteiger partial charge >= 0.3 is 0 Å². The third-order valence-electron chi connectivity index (χ3n) is 5.69. The van der Waals surface area contributed by atoms with E-state index in [1.807, 2.05) is 25.7 Å². The smallest absolute Gasteiger partial charge is 0.244 e. The normalized spacial score (nSPS) is 31.0. The van der Waals surface area contributed by atoms with E-state index in [1.165, 1.54) is 0 Å². The average molecular weight is 335 g/mol. The van der Waals surface area contributed by atoms with Crippen molar-refractivity contribution in [2.45, 2.75) is 83.4 Å². The lowest BCUT2D eigenvalue weighted by Gasteiger charge is -2.43. The van der Waals surface area contributed by atoms with Gasteiger partial charge in [-0.25, -0.2) is 4.68 Å². The summed E-state index contributed by atoms with van der Waals surface area (Å²) in [5.41, 5.74) is -0.663. The Morgan fingerprint density at radius 1 is 1.33 bits per heavy atom. The maximum Gasteiger partial charge on any atom is 0.244 e. The molecule has 3 rings (SSSR count). The van der Waals surface area contributed by atoms with Gasteiger partial charge in [0.2, 0.25) is 5.91 Å². The van der Waals surface area contributed by atoms with E-state index in [0.717, 1.165) is 50.9 Å². The molecule has 7 nitrogen and oxygen atoms in total. The molecular formula is C17H29N5O2. The van der Waals surface area contributed by atoms with Crippen LogP contribution in [0.25, 0.3) is 0 Å². The average Bonchev–Trinajstić information content (AvgIpc) is 3.15.